The highest BCUT2D eigenvalue weighted by molar-refractivity contribution is 9.10. The predicted octanol–water partition coefficient (Wildman–Crippen LogP) is 6.28. The standard InChI is InChI=1S/C23H13BrClF2N3O/c24-13-5-6-15-16(7-13)19-20(12(10-28-23(19)31)4-3-11-1-2-11)29-22(15)30-21-17(25)8-14(26)9-18(21)27/h5-11H,1-2H2,(H,28,31)(H,29,30). The van der Waals surface area contributed by atoms with Gasteiger partial charge in [-0.25, -0.2) is 13.8 Å². The summed E-state index contributed by atoms with van der Waals surface area (Å²) >= 11 is 9.51. The molecule has 2 aromatic heterocycles. The highest BCUT2D eigenvalue weighted by Gasteiger charge is 2.19. The summed E-state index contributed by atoms with van der Waals surface area (Å²) in [5, 5.41) is 4.33. The molecule has 0 saturated heterocycles. The number of nitrogens with one attached hydrogen (secondary N) is 2. The molecule has 31 heavy (non-hydrogen) atoms. The van der Waals surface area contributed by atoms with Crippen molar-refractivity contribution in [1.82, 2.24) is 9.97 Å². The molecule has 2 N–H and O–H groups in total. The van der Waals surface area contributed by atoms with Crippen LogP contribution in [0.25, 0.3) is 21.7 Å². The van der Waals surface area contributed by atoms with E-state index in [1.54, 1.807) is 18.2 Å². The quantitative estimate of drug-likeness (QED) is 0.252. The summed E-state index contributed by atoms with van der Waals surface area (Å²) in [6.45, 7) is 0. The lowest BCUT2D eigenvalue weighted by molar-refractivity contribution is 0.586. The molecule has 1 aliphatic rings. The second-order valence-electron chi connectivity index (χ2n) is 7.32. The molecular formula is C23H13BrClF2N3O. The van der Waals surface area contributed by atoms with Crippen molar-refractivity contribution in [3.63, 3.8) is 0 Å². The van der Waals surface area contributed by atoms with Crippen LogP contribution < -0.4 is 10.9 Å². The maximum atomic E-state index is 14.4. The van der Waals surface area contributed by atoms with Gasteiger partial charge in [-0.3, -0.25) is 4.79 Å². The first-order valence-electron chi connectivity index (χ1n) is 9.48. The molecule has 0 spiro atoms. The van der Waals surface area contributed by atoms with Crippen LogP contribution in [0.4, 0.5) is 20.3 Å². The zero-order valence-electron chi connectivity index (χ0n) is 15.8. The highest BCUT2D eigenvalue weighted by atomic mass is 79.9. The van der Waals surface area contributed by atoms with Crippen LogP contribution in [0.5, 0.6) is 0 Å². The molecule has 0 aliphatic heterocycles. The summed E-state index contributed by atoms with van der Waals surface area (Å²) in [4.78, 5) is 20.1. The van der Waals surface area contributed by atoms with E-state index in [-0.39, 0.29) is 22.1 Å². The summed E-state index contributed by atoms with van der Waals surface area (Å²) in [5.74, 6) is 5.29. The Morgan fingerprint density at radius 3 is 2.74 bits per heavy atom. The first-order chi connectivity index (χ1) is 14.9. The van der Waals surface area contributed by atoms with Crippen LogP contribution in [0.15, 0.2) is 45.8 Å². The SMILES string of the molecule is O=c1[nH]cc(C#CC2CC2)c2nc(Nc3c(F)cc(F)cc3Cl)c3ccc(Br)cc3c12. The zero-order valence-corrected chi connectivity index (χ0v) is 18.2. The van der Waals surface area contributed by atoms with Crippen LogP contribution in [0.3, 0.4) is 0 Å². The first-order valence-corrected chi connectivity index (χ1v) is 10.7. The number of hydrogen-bond donors (Lipinski definition) is 2. The van der Waals surface area contributed by atoms with Gasteiger partial charge in [-0.05, 0) is 37.1 Å². The van der Waals surface area contributed by atoms with Crippen LogP contribution in [-0.4, -0.2) is 9.97 Å². The molecule has 0 radical (unpaired) electrons. The fourth-order valence-electron chi connectivity index (χ4n) is 3.37. The van der Waals surface area contributed by atoms with Crippen LogP contribution in [0, 0.1) is 29.4 Å². The monoisotopic (exact) mass is 499 g/mol. The average Bonchev–Trinajstić information content (AvgIpc) is 3.54. The van der Waals surface area contributed by atoms with Crippen LogP contribution in [0.1, 0.15) is 18.4 Å². The van der Waals surface area contributed by atoms with Gasteiger partial charge in [0.2, 0.25) is 0 Å². The molecule has 0 amide bonds. The van der Waals surface area contributed by atoms with E-state index in [0.29, 0.717) is 33.2 Å². The Hall–Kier alpha value is -2.95. The van der Waals surface area contributed by atoms with Crippen molar-refractivity contribution in [2.24, 2.45) is 5.92 Å². The lowest BCUT2D eigenvalue weighted by Crippen LogP contribution is -2.10. The summed E-state index contributed by atoms with van der Waals surface area (Å²) < 4.78 is 28.7. The van der Waals surface area contributed by atoms with Gasteiger partial charge in [0.05, 0.1) is 27.2 Å². The molecule has 4 nitrogen and oxygen atoms in total. The van der Waals surface area contributed by atoms with Crippen LogP contribution in [0.2, 0.25) is 5.02 Å². The number of aromatic nitrogens is 2. The topological polar surface area (TPSA) is 57.8 Å². The van der Waals surface area contributed by atoms with Crippen molar-refractivity contribution in [2.45, 2.75) is 12.8 Å². The molecule has 2 aromatic carbocycles. The largest absolute Gasteiger partial charge is 0.336 e. The molecule has 1 aliphatic carbocycles. The summed E-state index contributed by atoms with van der Waals surface area (Å²) in [6.07, 6.45) is 3.66. The van der Waals surface area contributed by atoms with Gasteiger partial charge in [-0.15, -0.1) is 0 Å². The van der Waals surface area contributed by atoms with E-state index >= 15 is 0 Å². The van der Waals surface area contributed by atoms with Crippen LogP contribution in [-0.2, 0) is 0 Å². The molecule has 1 fully saturated rings. The third-order valence-corrected chi connectivity index (χ3v) is 5.83. The number of fused-ring (bicyclic) bond motifs is 3. The summed E-state index contributed by atoms with van der Waals surface area (Å²) in [5.41, 5.74) is 0.551. The summed E-state index contributed by atoms with van der Waals surface area (Å²) in [6, 6.07) is 7.09. The van der Waals surface area contributed by atoms with Crippen molar-refractivity contribution in [1.29, 1.82) is 0 Å². The van der Waals surface area contributed by atoms with Gasteiger partial charge >= 0.3 is 0 Å². The normalized spacial score (nSPS) is 13.3. The average molecular weight is 501 g/mol. The predicted molar refractivity (Wildman–Crippen MR) is 122 cm³/mol. The van der Waals surface area contributed by atoms with Crippen molar-refractivity contribution < 1.29 is 8.78 Å². The number of rotatable bonds is 2. The Morgan fingerprint density at radius 2 is 2.00 bits per heavy atom. The molecular weight excluding hydrogens is 488 g/mol. The minimum atomic E-state index is -0.850. The van der Waals surface area contributed by atoms with Crippen molar-refractivity contribution in [3.8, 4) is 11.8 Å². The molecule has 0 atom stereocenters. The Morgan fingerprint density at radius 1 is 1.19 bits per heavy atom. The highest BCUT2D eigenvalue weighted by Crippen LogP contribution is 2.35. The fourth-order valence-corrected chi connectivity index (χ4v) is 3.97. The molecule has 4 aromatic rings. The molecule has 1 saturated carbocycles. The van der Waals surface area contributed by atoms with Gasteiger partial charge in [0.25, 0.3) is 5.56 Å². The molecule has 5 rings (SSSR count). The fraction of sp³-hybridized carbons (Fsp3) is 0.130. The Bertz CT molecular complexity index is 1480. The number of benzene rings is 2. The lowest BCUT2D eigenvalue weighted by atomic mass is 10.0. The third-order valence-electron chi connectivity index (χ3n) is 5.03. The van der Waals surface area contributed by atoms with Gasteiger partial charge in [-0.1, -0.05) is 39.4 Å². The number of hydrogen-bond acceptors (Lipinski definition) is 3. The summed E-state index contributed by atoms with van der Waals surface area (Å²) in [7, 11) is 0. The van der Waals surface area contributed by atoms with E-state index in [1.165, 1.54) is 6.20 Å². The third kappa shape index (κ3) is 3.78. The van der Waals surface area contributed by atoms with E-state index in [4.69, 9.17) is 11.6 Å². The zero-order chi connectivity index (χ0) is 21.7. The minimum absolute atomic E-state index is 0.102. The van der Waals surface area contributed by atoms with E-state index in [1.807, 2.05) is 0 Å². The Labute approximate surface area is 188 Å². The number of halogens is 4. The van der Waals surface area contributed by atoms with E-state index < -0.39 is 11.6 Å². The smallest absolute Gasteiger partial charge is 0.258 e. The van der Waals surface area contributed by atoms with Crippen molar-refractivity contribution in [3.05, 3.63) is 73.6 Å². The van der Waals surface area contributed by atoms with Gasteiger partial charge in [-0.2, -0.15) is 0 Å². The van der Waals surface area contributed by atoms with Crippen molar-refractivity contribution in [2.75, 3.05) is 5.32 Å². The van der Waals surface area contributed by atoms with Crippen LogP contribution >= 0.6 is 27.5 Å². The van der Waals surface area contributed by atoms with E-state index in [0.717, 1.165) is 29.4 Å². The Kier molecular flexibility index (Phi) is 4.92. The van der Waals surface area contributed by atoms with E-state index in [9.17, 15) is 13.6 Å². The van der Waals surface area contributed by atoms with Gasteiger partial charge < -0.3 is 10.3 Å². The van der Waals surface area contributed by atoms with Gasteiger partial charge in [0.15, 0.2) is 5.82 Å². The van der Waals surface area contributed by atoms with Gasteiger partial charge in [0, 0.05) is 33.4 Å². The number of anilines is 2. The second kappa shape index (κ2) is 7.63. The molecule has 2 heterocycles. The number of aromatic amines is 1. The maximum Gasteiger partial charge on any atom is 0.258 e. The molecule has 0 bridgehead atoms. The second-order valence-corrected chi connectivity index (χ2v) is 8.64. The maximum absolute atomic E-state index is 14.4. The molecule has 154 valence electrons. The first kappa shape index (κ1) is 20.0. The van der Waals surface area contributed by atoms with E-state index in [2.05, 4.69) is 43.1 Å². The van der Waals surface area contributed by atoms with Crippen molar-refractivity contribution >= 4 is 60.7 Å². The molecule has 0 unspecified atom stereocenters. The Balaban J connectivity index is 1.81. The minimum Gasteiger partial charge on any atom is -0.336 e. The molecule has 8 heteroatoms. The lowest BCUT2D eigenvalue weighted by Gasteiger charge is -2.14. The van der Waals surface area contributed by atoms with Gasteiger partial charge in [0.1, 0.15) is 11.6 Å². The number of pyridine rings is 2. The number of nitrogens with zero attached hydrogens (tertiary/aromatic N) is 1. The number of H-pyrrole nitrogens is 1.